The van der Waals surface area contributed by atoms with Gasteiger partial charge in [-0.1, -0.05) is 78.9 Å². The fraction of sp³-hybridized carbons (Fsp3) is 0.0811. The van der Waals surface area contributed by atoms with Gasteiger partial charge >= 0.3 is 0 Å². The van der Waals surface area contributed by atoms with Crippen LogP contribution in [0.2, 0.25) is 0 Å². The Bertz CT molecular complexity index is 1760. The van der Waals surface area contributed by atoms with E-state index in [1.165, 1.54) is 0 Å². The molecule has 5 aromatic carbocycles. The summed E-state index contributed by atoms with van der Waals surface area (Å²) in [6, 6.07) is 37.3. The van der Waals surface area contributed by atoms with E-state index in [0.29, 0.717) is 11.1 Å². The second kappa shape index (κ2) is 12.8. The van der Waals surface area contributed by atoms with E-state index in [0.717, 1.165) is 62.4 Å². The number of amides is 1. The minimum absolute atomic E-state index is 0.0635. The van der Waals surface area contributed by atoms with Gasteiger partial charge in [0.05, 0.1) is 14.2 Å². The van der Waals surface area contributed by atoms with Gasteiger partial charge in [0.25, 0.3) is 5.91 Å². The average Bonchev–Trinajstić information content (AvgIpc) is 3.37. The van der Waals surface area contributed by atoms with Gasteiger partial charge in [-0.3, -0.25) is 9.59 Å². The number of aryl methyl sites for hydroxylation is 1. The van der Waals surface area contributed by atoms with Crippen molar-refractivity contribution in [1.29, 1.82) is 0 Å². The van der Waals surface area contributed by atoms with Crippen molar-refractivity contribution in [2.45, 2.75) is 6.92 Å². The third-order valence-electron chi connectivity index (χ3n) is 7.10. The van der Waals surface area contributed by atoms with Crippen LogP contribution in [-0.2, 0) is 4.79 Å². The highest BCUT2D eigenvalue weighted by atomic mass is 16.5. The summed E-state index contributed by atoms with van der Waals surface area (Å²) < 4.78 is 10.8. The van der Waals surface area contributed by atoms with Crippen molar-refractivity contribution < 1.29 is 19.1 Å². The molecule has 1 aliphatic rings. The average molecular weight is 554 g/mol. The molecule has 0 radical (unpaired) electrons. The summed E-state index contributed by atoms with van der Waals surface area (Å²) in [6.07, 6.45) is 2.78. The molecule has 0 saturated carbocycles. The van der Waals surface area contributed by atoms with Crippen molar-refractivity contribution in [2.24, 2.45) is 0 Å². The van der Waals surface area contributed by atoms with Gasteiger partial charge in [0.1, 0.15) is 17.8 Å². The molecule has 0 saturated heterocycles. The van der Waals surface area contributed by atoms with Crippen LogP contribution in [0.25, 0.3) is 33.9 Å². The van der Waals surface area contributed by atoms with E-state index in [1.807, 2.05) is 104 Å². The quantitative estimate of drug-likeness (QED) is 0.170. The number of methoxy groups -OCH3 is 2. The fourth-order valence-electron chi connectivity index (χ4n) is 5.04. The molecule has 1 aliphatic heterocycles. The smallest absolute Gasteiger partial charge is 0.256 e. The van der Waals surface area contributed by atoms with E-state index in [4.69, 9.17) is 9.47 Å². The van der Waals surface area contributed by atoms with Crippen molar-refractivity contribution in [1.82, 2.24) is 0 Å². The van der Waals surface area contributed by atoms with Crippen LogP contribution in [0.1, 0.15) is 27.0 Å². The van der Waals surface area contributed by atoms with Gasteiger partial charge in [-0.15, -0.1) is 0 Å². The van der Waals surface area contributed by atoms with Gasteiger partial charge in [-0.25, -0.2) is 0 Å². The van der Waals surface area contributed by atoms with Gasteiger partial charge in [0, 0.05) is 33.5 Å². The van der Waals surface area contributed by atoms with Crippen LogP contribution < -0.4 is 14.8 Å². The molecule has 1 amide bonds. The lowest BCUT2D eigenvalue weighted by molar-refractivity contribution is -0.110. The van der Waals surface area contributed by atoms with Crippen molar-refractivity contribution in [3.05, 3.63) is 138 Å². The molecule has 0 spiro atoms. The first-order valence-corrected chi connectivity index (χ1v) is 13.6. The molecule has 0 bridgehead atoms. The SMILES string of the molecule is COc1ccc(C=C2C(=O)Nc3cccc(C)c32)cc1-c1ccccc1.COc1ccc(C=O)cc1-c1ccccc1. The first-order valence-electron chi connectivity index (χ1n) is 13.6. The molecule has 1 heterocycles. The Morgan fingerprint density at radius 3 is 1.74 bits per heavy atom. The van der Waals surface area contributed by atoms with E-state index in [2.05, 4.69) is 23.5 Å². The van der Waals surface area contributed by atoms with Gasteiger partial charge in [0.15, 0.2) is 0 Å². The number of hydrogen-bond donors (Lipinski definition) is 1. The van der Waals surface area contributed by atoms with Crippen molar-refractivity contribution >= 4 is 29.5 Å². The first kappa shape index (κ1) is 28.1. The maximum Gasteiger partial charge on any atom is 0.256 e. The number of carbonyl (C=O) groups is 2. The maximum absolute atomic E-state index is 12.5. The Morgan fingerprint density at radius 2 is 1.19 bits per heavy atom. The molecule has 5 nitrogen and oxygen atoms in total. The van der Waals surface area contributed by atoms with E-state index in [9.17, 15) is 9.59 Å². The lowest BCUT2D eigenvalue weighted by atomic mass is 9.97. The summed E-state index contributed by atoms with van der Waals surface area (Å²) >= 11 is 0. The fourth-order valence-corrected chi connectivity index (χ4v) is 5.04. The molecule has 0 fully saturated rings. The van der Waals surface area contributed by atoms with Crippen LogP contribution >= 0.6 is 0 Å². The predicted octanol–water partition coefficient (Wildman–Crippen LogP) is 8.34. The van der Waals surface area contributed by atoms with Crippen LogP contribution in [0.5, 0.6) is 11.5 Å². The van der Waals surface area contributed by atoms with Gasteiger partial charge < -0.3 is 14.8 Å². The van der Waals surface area contributed by atoms with Crippen molar-refractivity contribution in [3.8, 4) is 33.8 Å². The minimum atomic E-state index is -0.0635. The Labute approximate surface area is 246 Å². The van der Waals surface area contributed by atoms with Crippen LogP contribution in [0.3, 0.4) is 0 Å². The topological polar surface area (TPSA) is 64.6 Å². The van der Waals surface area contributed by atoms with Crippen LogP contribution in [-0.4, -0.2) is 26.4 Å². The normalized spacial score (nSPS) is 12.5. The second-order valence-corrected chi connectivity index (χ2v) is 9.78. The number of rotatable bonds is 6. The van der Waals surface area contributed by atoms with Crippen molar-refractivity contribution in [3.63, 3.8) is 0 Å². The predicted molar refractivity (Wildman–Crippen MR) is 170 cm³/mol. The summed E-state index contributed by atoms with van der Waals surface area (Å²) in [5.74, 6) is 1.52. The highest BCUT2D eigenvalue weighted by Gasteiger charge is 2.25. The highest BCUT2D eigenvalue weighted by molar-refractivity contribution is 6.35. The largest absolute Gasteiger partial charge is 0.496 e. The zero-order valence-electron chi connectivity index (χ0n) is 23.8. The van der Waals surface area contributed by atoms with Crippen molar-refractivity contribution in [2.75, 3.05) is 19.5 Å². The van der Waals surface area contributed by atoms with E-state index in [1.54, 1.807) is 20.3 Å². The second-order valence-electron chi connectivity index (χ2n) is 9.78. The number of nitrogens with one attached hydrogen (secondary N) is 1. The third kappa shape index (κ3) is 6.01. The molecule has 0 aliphatic carbocycles. The number of aldehydes is 1. The number of carbonyl (C=O) groups excluding carboxylic acids is 2. The van der Waals surface area contributed by atoms with E-state index < -0.39 is 0 Å². The Balaban J connectivity index is 0.000000189. The van der Waals surface area contributed by atoms with E-state index in [-0.39, 0.29) is 5.91 Å². The van der Waals surface area contributed by atoms with Crippen LogP contribution in [0.4, 0.5) is 5.69 Å². The highest BCUT2D eigenvalue weighted by Crippen LogP contribution is 2.37. The molecule has 0 aromatic heterocycles. The molecule has 208 valence electrons. The van der Waals surface area contributed by atoms with E-state index >= 15 is 0 Å². The van der Waals surface area contributed by atoms with Gasteiger partial charge in [0.2, 0.25) is 0 Å². The molecule has 0 unspecified atom stereocenters. The zero-order valence-corrected chi connectivity index (χ0v) is 23.8. The molecule has 5 heteroatoms. The Morgan fingerprint density at radius 1 is 0.643 bits per heavy atom. The first-order chi connectivity index (χ1) is 20.5. The van der Waals surface area contributed by atoms with Crippen LogP contribution in [0.15, 0.2) is 115 Å². The monoisotopic (exact) mass is 553 g/mol. The summed E-state index contributed by atoms with van der Waals surface area (Å²) in [6.45, 7) is 2.02. The molecule has 1 N–H and O–H groups in total. The minimum Gasteiger partial charge on any atom is -0.496 e. The Hall–Kier alpha value is -5.42. The molecular formula is C37H31NO4. The summed E-state index contributed by atoms with van der Waals surface area (Å²) in [7, 11) is 3.30. The maximum atomic E-state index is 12.5. The molecule has 42 heavy (non-hydrogen) atoms. The number of anilines is 1. The Kier molecular flexibility index (Phi) is 8.59. The molecule has 6 rings (SSSR count). The van der Waals surface area contributed by atoms with Gasteiger partial charge in [-0.2, -0.15) is 0 Å². The summed E-state index contributed by atoms with van der Waals surface area (Å²) in [5, 5.41) is 2.95. The summed E-state index contributed by atoms with van der Waals surface area (Å²) in [4.78, 5) is 23.2. The number of benzene rings is 5. The summed E-state index contributed by atoms with van der Waals surface area (Å²) in [5.41, 5.74) is 9.32. The number of ether oxygens (including phenoxy) is 2. The molecule has 5 aromatic rings. The zero-order chi connectivity index (χ0) is 29.5. The number of hydrogen-bond acceptors (Lipinski definition) is 4. The van der Waals surface area contributed by atoms with Crippen LogP contribution in [0, 0.1) is 6.92 Å². The standard InChI is InChI=1S/C23H19NO2.C14H12O2/c1-15-7-6-10-20-22(15)19(23(25)24-20)14-16-11-12-21(26-2)18(13-16)17-8-4-3-5-9-17;1-16-14-8-7-11(10-15)9-13(14)12-5-3-2-4-6-12/h3-14H,1-2H3,(H,24,25);2-10H,1H3. The molecule has 0 atom stereocenters. The molecular weight excluding hydrogens is 522 g/mol. The lowest BCUT2D eigenvalue weighted by Gasteiger charge is -2.10. The number of fused-ring (bicyclic) bond motifs is 1. The third-order valence-corrected chi connectivity index (χ3v) is 7.10. The van der Waals surface area contributed by atoms with Gasteiger partial charge in [-0.05, 0) is 71.7 Å². The lowest BCUT2D eigenvalue weighted by Crippen LogP contribution is -2.03.